The van der Waals surface area contributed by atoms with Crippen LogP contribution in [0.5, 0.6) is 0 Å². The van der Waals surface area contributed by atoms with Crippen LogP contribution in [0.15, 0.2) is 0 Å². The average molecular weight is 314 g/mol. The normalized spacial score (nSPS) is 11.3. The molecule has 0 aromatic rings. The standard InChI is InChI=1S/C19H43NSi/c20-18-16-14-12-10-8-6-4-2-1-3-5-7-9-11-13-15-17-19-21/h1-20H2,21H3. The molecule has 0 heterocycles. The number of rotatable bonds is 18. The van der Waals surface area contributed by atoms with Gasteiger partial charge in [-0.15, -0.1) is 0 Å². The lowest BCUT2D eigenvalue weighted by molar-refractivity contribution is 0.527. The summed E-state index contributed by atoms with van der Waals surface area (Å²) in [6.45, 7) is 0.875. The molecule has 0 amide bonds. The molecule has 0 unspecified atom stereocenters. The van der Waals surface area contributed by atoms with Crippen LogP contribution < -0.4 is 5.73 Å². The summed E-state index contributed by atoms with van der Waals surface area (Å²) in [5.41, 5.74) is 5.50. The SMILES string of the molecule is NCCCCCCCCCCCCCCCCCCC[SiH3]. The number of hydrogen-bond donors (Lipinski definition) is 1. The topological polar surface area (TPSA) is 26.0 Å². The van der Waals surface area contributed by atoms with Crippen LogP contribution in [-0.4, -0.2) is 16.8 Å². The largest absolute Gasteiger partial charge is 0.330 e. The van der Waals surface area contributed by atoms with Gasteiger partial charge in [-0.25, -0.2) is 0 Å². The van der Waals surface area contributed by atoms with Crippen LogP contribution in [0.3, 0.4) is 0 Å². The van der Waals surface area contributed by atoms with Crippen molar-refractivity contribution in [2.45, 2.75) is 115 Å². The van der Waals surface area contributed by atoms with Gasteiger partial charge in [0, 0.05) is 10.2 Å². The Bertz CT molecular complexity index is 155. The molecule has 2 N–H and O–H groups in total. The van der Waals surface area contributed by atoms with Gasteiger partial charge in [-0.05, 0) is 13.0 Å². The van der Waals surface area contributed by atoms with E-state index in [9.17, 15) is 0 Å². The molecule has 0 aliphatic heterocycles. The molecule has 21 heavy (non-hydrogen) atoms. The van der Waals surface area contributed by atoms with Crippen LogP contribution in [0.25, 0.3) is 0 Å². The Morgan fingerprint density at radius 2 is 0.619 bits per heavy atom. The summed E-state index contributed by atoms with van der Waals surface area (Å²) in [7, 11) is 1.41. The van der Waals surface area contributed by atoms with Gasteiger partial charge in [0.2, 0.25) is 0 Å². The molecule has 128 valence electrons. The first-order valence-corrected chi connectivity index (χ1v) is 11.5. The number of hydrogen-bond acceptors (Lipinski definition) is 1. The van der Waals surface area contributed by atoms with Gasteiger partial charge >= 0.3 is 0 Å². The monoisotopic (exact) mass is 313 g/mol. The van der Waals surface area contributed by atoms with E-state index < -0.39 is 0 Å². The van der Waals surface area contributed by atoms with E-state index in [0.29, 0.717) is 0 Å². The summed E-state index contributed by atoms with van der Waals surface area (Å²) in [6.07, 6.45) is 24.7. The summed E-state index contributed by atoms with van der Waals surface area (Å²) in [4.78, 5) is 0. The van der Waals surface area contributed by atoms with Gasteiger partial charge in [0.15, 0.2) is 0 Å². The van der Waals surface area contributed by atoms with E-state index in [1.807, 2.05) is 0 Å². The van der Waals surface area contributed by atoms with Crippen LogP contribution in [0.2, 0.25) is 6.04 Å². The Balaban J connectivity index is 2.90. The van der Waals surface area contributed by atoms with E-state index in [-0.39, 0.29) is 0 Å². The van der Waals surface area contributed by atoms with Crippen molar-refractivity contribution in [3.05, 3.63) is 0 Å². The molecular formula is C19H43NSi. The first-order valence-electron chi connectivity index (χ1n) is 10.1. The lowest BCUT2D eigenvalue weighted by atomic mass is 10.0. The maximum atomic E-state index is 5.50. The molecule has 1 nitrogen and oxygen atoms in total. The first-order chi connectivity index (χ1) is 10.4. The smallest absolute Gasteiger partial charge is 0.00279 e. The predicted molar refractivity (Wildman–Crippen MR) is 102 cm³/mol. The van der Waals surface area contributed by atoms with E-state index in [4.69, 9.17) is 5.73 Å². The van der Waals surface area contributed by atoms with E-state index in [2.05, 4.69) is 0 Å². The van der Waals surface area contributed by atoms with Gasteiger partial charge in [-0.3, -0.25) is 0 Å². The first kappa shape index (κ1) is 21.2. The van der Waals surface area contributed by atoms with Crippen molar-refractivity contribution in [2.24, 2.45) is 5.73 Å². The maximum absolute atomic E-state index is 5.50. The Morgan fingerprint density at radius 1 is 0.381 bits per heavy atom. The third-order valence-electron chi connectivity index (χ3n) is 4.56. The highest BCUT2D eigenvalue weighted by molar-refractivity contribution is 6.08. The maximum Gasteiger partial charge on any atom is 0.00279 e. The van der Waals surface area contributed by atoms with E-state index in [1.165, 1.54) is 125 Å². The quantitative estimate of drug-likeness (QED) is 0.267. The van der Waals surface area contributed by atoms with Crippen LogP contribution in [0, 0.1) is 0 Å². The summed E-state index contributed by atoms with van der Waals surface area (Å²) in [5, 5.41) is 0. The van der Waals surface area contributed by atoms with Crippen LogP contribution in [0.4, 0.5) is 0 Å². The molecule has 0 aliphatic rings. The lowest BCUT2D eigenvalue weighted by Crippen LogP contribution is -1.97. The molecule has 0 saturated heterocycles. The van der Waals surface area contributed by atoms with Crippen LogP contribution in [-0.2, 0) is 0 Å². The Morgan fingerprint density at radius 3 is 0.857 bits per heavy atom. The number of unbranched alkanes of at least 4 members (excludes halogenated alkanes) is 16. The second kappa shape index (κ2) is 20.2. The highest BCUT2D eigenvalue weighted by Gasteiger charge is 1.94. The molecule has 0 bridgehead atoms. The van der Waals surface area contributed by atoms with Crippen molar-refractivity contribution in [3.63, 3.8) is 0 Å². The van der Waals surface area contributed by atoms with E-state index in [1.54, 1.807) is 0 Å². The van der Waals surface area contributed by atoms with Crippen molar-refractivity contribution in [3.8, 4) is 0 Å². The molecular weight excluding hydrogens is 270 g/mol. The number of nitrogens with two attached hydrogens (primary N) is 1. The Kier molecular flexibility index (Phi) is 20.3. The van der Waals surface area contributed by atoms with Gasteiger partial charge in [-0.1, -0.05) is 109 Å². The van der Waals surface area contributed by atoms with Gasteiger partial charge in [0.05, 0.1) is 0 Å². The fourth-order valence-electron chi connectivity index (χ4n) is 3.05. The minimum atomic E-state index is 0.875. The summed E-state index contributed by atoms with van der Waals surface area (Å²) in [6, 6.07) is 1.51. The van der Waals surface area contributed by atoms with E-state index in [0.717, 1.165) is 6.54 Å². The lowest BCUT2D eigenvalue weighted by Gasteiger charge is -2.03. The van der Waals surface area contributed by atoms with Crippen LogP contribution >= 0.6 is 0 Å². The Labute approximate surface area is 138 Å². The molecule has 0 aromatic heterocycles. The molecule has 0 aromatic carbocycles. The van der Waals surface area contributed by atoms with E-state index >= 15 is 0 Å². The molecule has 0 spiro atoms. The zero-order valence-corrected chi connectivity index (χ0v) is 17.0. The highest BCUT2D eigenvalue weighted by atomic mass is 28.1. The summed E-state index contributed by atoms with van der Waals surface area (Å²) >= 11 is 0. The summed E-state index contributed by atoms with van der Waals surface area (Å²) < 4.78 is 0. The summed E-state index contributed by atoms with van der Waals surface area (Å²) in [5.74, 6) is 0. The van der Waals surface area contributed by atoms with Gasteiger partial charge in [0.25, 0.3) is 0 Å². The third kappa shape index (κ3) is 20.2. The fourth-order valence-corrected chi connectivity index (χ4v) is 3.55. The molecule has 0 saturated carbocycles. The molecule has 0 rings (SSSR count). The van der Waals surface area contributed by atoms with Crippen LogP contribution in [0.1, 0.15) is 109 Å². The molecule has 0 atom stereocenters. The predicted octanol–water partition coefficient (Wildman–Crippen LogP) is 5.36. The molecule has 2 heteroatoms. The van der Waals surface area contributed by atoms with Crippen molar-refractivity contribution < 1.29 is 0 Å². The van der Waals surface area contributed by atoms with Gasteiger partial charge in [0.1, 0.15) is 0 Å². The van der Waals surface area contributed by atoms with Crippen molar-refractivity contribution in [1.82, 2.24) is 0 Å². The molecule has 0 radical (unpaired) electrons. The van der Waals surface area contributed by atoms with Crippen molar-refractivity contribution in [2.75, 3.05) is 6.54 Å². The van der Waals surface area contributed by atoms with Gasteiger partial charge < -0.3 is 5.73 Å². The minimum absolute atomic E-state index is 0.875. The average Bonchev–Trinajstić information content (AvgIpc) is 2.50. The Hall–Kier alpha value is 0.177. The molecule has 0 fully saturated rings. The second-order valence-corrected chi connectivity index (χ2v) is 7.80. The van der Waals surface area contributed by atoms with Crippen molar-refractivity contribution >= 4 is 10.2 Å². The zero-order valence-electron chi connectivity index (χ0n) is 15.0. The molecule has 0 aliphatic carbocycles. The zero-order chi connectivity index (χ0) is 15.4. The highest BCUT2D eigenvalue weighted by Crippen LogP contribution is 2.14. The van der Waals surface area contributed by atoms with Crippen molar-refractivity contribution in [1.29, 1.82) is 0 Å². The second-order valence-electron chi connectivity index (χ2n) is 6.80. The van der Waals surface area contributed by atoms with Gasteiger partial charge in [-0.2, -0.15) is 0 Å². The minimum Gasteiger partial charge on any atom is -0.330 e. The third-order valence-corrected chi connectivity index (χ3v) is 5.26. The fraction of sp³-hybridized carbons (Fsp3) is 1.00.